The first-order valence-electron chi connectivity index (χ1n) is 7.86. The van der Waals surface area contributed by atoms with Crippen LogP contribution in [0.5, 0.6) is 0 Å². The van der Waals surface area contributed by atoms with E-state index in [0.717, 1.165) is 11.3 Å². The lowest BCUT2D eigenvalue weighted by Gasteiger charge is -2.11. The van der Waals surface area contributed by atoms with E-state index in [2.05, 4.69) is 20.4 Å². The SMILES string of the molecule is CNCc1nc2n(n1)-c1ccc(Cl)cc1C(c1ccccc1F)=NC2. The summed E-state index contributed by atoms with van der Waals surface area (Å²) in [5, 5.41) is 8.15. The van der Waals surface area contributed by atoms with E-state index in [9.17, 15) is 4.39 Å². The Morgan fingerprint density at radius 2 is 2.04 bits per heavy atom. The number of hydrogen-bond donors (Lipinski definition) is 1. The van der Waals surface area contributed by atoms with Gasteiger partial charge in [-0.05, 0) is 37.4 Å². The Morgan fingerprint density at radius 1 is 1.20 bits per heavy atom. The fourth-order valence-electron chi connectivity index (χ4n) is 2.92. The van der Waals surface area contributed by atoms with Gasteiger partial charge in [-0.3, -0.25) is 4.99 Å². The second kappa shape index (κ2) is 6.38. The second-order valence-electron chi connectivity index (χ2n) is 5.69. The highest BCUT2D eigenvalue weighted by molar-refractivity contribution is 6.31. The van der Waals surface area contributed by atoms with Gasteiger partial charge in [0.15, 0.2) is 11.6 Å². The van der Waals surface area contributed by atoms with Crippen molar-refractivity contribution in [3.05, 3.63) is 76.1 Å². The van der Waals surface area contributed by atoms with Gasteiger partial charge in [0.1, 0.15) is 5.82 Å². The minimum atomic E-state index is -0.324. The molecule has 126 valence electrons. The van der Waals surface area contributed by atoms with Crippen molar-refractivity contribution in [1.82, 2.24) is 20.1 Å². The van der Waals surface area contributed by atoms with Crippen LogP contribution in [0, 0.1) is 5.82 Å². The van der Waals surface area contributed by atoms with E-state index in [1.54, 1.807) is 35.0 Å². The summed E-state index contributed by atoms with van der Waals surface area (Å²) in [6, 6.07) is 12.0. The zero-order valence-corrected chi connectivity index (χ0v) is 14.3. The first-order chi connectivity index (χ1) is 12.2. The monoisotopic (exact) mass is 355 g/mol. The number of benzene rings is 2. The molecule has 5 nitrogen and oxygen atoms in total. The molecule has 0 saturated heterocycles. The van der Waals surface area contributed by atoms with Gasteiger partial charge in [0, 0.05) is 16.1 Å². The van der Waals surface area contributed by atoms with Crippen LogP contribution in [-0.4, -0.2) is 27.5 Å². The number of aromatic nitrogens is 3. The zero-order valence-electron chi connectivity index (χ0n) is 13.5. The van der Waals surface area contributed by atoms with Gasteiger partial charge in [-0.1, -0.05) is 23.7 Å². The Hall–Kier alpha value is -2.57. The fraction of sp³-hybridized carbons (Fsp3) is 0.167. The molecule has 4 rings (SSSR count). The van der Waals surface area contributed by atoms with E-state index in [4.69, 9.17) is 11.6 Å². The van der Waals surface area contributed by atoms with Gasteiger partial charge < -0.3 is 5.32 Å². The highest BCUT2D eigenvalue weighted by Crippen LogP contribution is 2.27. The number of halogens is 2. The molecule has 1 aliphatic heterocycles. The molecule has 2 heterocycles. The van der Waals surface area contributed by atoms with Crippen LogP contribution >= 0.6 is 11.6 Å². The van der Waals surface area contributed by atoms with Crippen LogP contribution in [0.15, 0.2) is 47.5 Å². The minimum Gasteiger partial charge on any atom is -0.313 e. The van der Waals surface area contributed by atoms with E-state index in [-0.39, 0.29) is 5.82 Å². The van der Waals surface area contributed by atoms with Gasteiger partial charge in [0.2, 0.25) is 0 Å². The molecule has 0 spiro atoms. The lowest BCUT2D eigenvalue weighted by molar-refractivity contribution is 0.625. The minimum absolute atomic E-state index is 0.312. The summed E-state index contributed by atoms with van der Waals surface area (Å²) in [5.74, 6) is 1.07. The third-order valence-corrected chi connectivity index (χ3v) is 4.24. The Labute approximate surface area is 149 Å². The lowest BCUT2D eigenvalue weighted by atomic mass is 10.00. The Kier molecular flexibility index (Phi) is 4.07. The molecule has 2 aromatic carbocycles. The number of rotatable bonds is 3. The molecule has 0 aliphatic carbocycles. The predicted molar refractivity (Wildman–Crippen MR) is 94.9 cm³/mol. The smallest absolute Gasteiger partial charge is 0.165 e. The first-order valence-corrected chi connectivity index (χ1v) is 8.24. The average molecular weight is 356 g/mol. The molecule has 7 heteroatoms. The maximum absolute atomic E-state index is 14.4. The topological polar surface area (TPSA) is 55.1 Å². The molecular formula is C18H15ClFN5. The van der Waals surface area contributed by atoms with Crippen LogP contribution in [0.25, 0.3) is 5.69 Å². The maximum atomic E-state index is 14.4. The number of hydrogen-bond acceptors (Lipinski definition) is 4. The van der Waals surface area contributed by atoms with Crippen molar-refractivity contribution in [1.29, 1.82) is 0 Å². The van der Waals surface area contributed by atoms with Crippen molar-refractivity contribution in [2.24, 2.45) is 4.99 Å². The van der Waals surface area contributed by atoms with Crippen molar-refractivity contribution in [2.75, 3.05) is 7.05 Å². The van der Waals surface area contributed by atoms with Gasteiger partial charge in [-0.25, -0.2) is 14.1 Å². The van der Waals surface area contributed by atoms with E-state index in [1.165, 1.54) is 6.07 Å². The quantitative estimate of drug-likeness (QED) is 0.785. The molecule has 0 amide bonds. The van der Waals surface area contributed by atoms with Crippen molar-refractivity contribution in [2.45, 2.75) is 13.1 Å². The molecule has 3 aromatic rings. The van der Waals surface area contributed by atoms with E-state index in [1.807, 2.05) is 13.1 Å². The molecule has 1 aromatic heterocycles. The molecule has 0 radical (unpaired) electrons. The second-order valence-corrected chi connectivity index (χ2v) is 6.13. The summed E-state index contributed by atoms with van der Waals surface area (Å²) in [4.78, 5) is 9.15. The number of nitrogens with one attached hydrogen (secondary N) is 1. The van der Waals surface area contributed by atoms with Crippen LogP contribution < -0.4 is 5.32 Å². The zero-order chi connectivity index (χ0) is 17.4. The summed E-state index contributed by atoms with van der Waals surface area (Å²) >= 11 is 6.20. The Morgan fingerprint density at radius 3 is 2.84 bits per heavy atom. The number of nitrogens with zero attached hydrogens (tertiary/aromatic N) is 4. The fourth-order valence-corrected chi connectivity index (χ4v) is 3.09. The molecule has 1 N–H and O–H groups in total. The van der Waals surface area contributed by atoms with Crippen molar-refractivity contribution in [3.63, 3.8) is 0 Å². The van der Waals surface area contributed by atoms with Gasteiger partial charge in [-0.2, -0.15) is 0 Å². The third kappa shape index (κ3) is 2.83. The Bertz CT molecular complexity index is 979. The normalized spacial score (nSPS) is 13.0. The largest absolute Gasteiger partial charge is 0.313 e. The van der Waals surface area contributed by atoms with Crippen molar-refractivity contribution >= 4 is 17.3 Å². The van der Waals surface area contributed by atoms with Gasteiger partial charge in [0.05, 0.1) is 24.5 Å². The van der Waals surface area contributed by atoms with Crippen LogP contribution in [0.1, 0.15) is 22.8 Å². The van der Waals surface area contributed by atoms with Crippen LogP contribution in [0.4, 0.5) is 4.39 Å². The van der Waals surface area contributed by atoms with E-state index < -0.39 is 0 Å². The maximum Gasteiger partial charge on any atom is 0.165 e. The predicted octanol–water partition coefficient (Wildman–Crippen LogP) is 3.13. The Balaban J connectivity index is 1.93. The summed E-state index contributed by atoms with van der Waals surface area (Å²) < 4.78 is 16.1. The highest BCUT2D eigenvalue weighted by Gasteiger charge is 2.23. The highest BCUT2D eigenvalue weighted by atomic mass is 35.5. The summed E-state index contributed by atoms with van der Waals surface area (Å²) in [7, 11) is 1.84. The van der Waals surface area contributed by atoms with E-state index in [0.29, 0.717) is 41.0 Å². The molecule has 0 atom stereocenters. The molecular weight excluding hydrogens is 341 g/mol. The lowest BCUT2D eigenvalue weighted by Crippen LogP contribution is -2.11. The van der Waals surface area contributed by atoms with Crippen molar-refractivity contribution in [3.8, 4) is 5.69 Å². The summed E-state index contributed by atoms with van der Waals surface area (Å²) in [5.41, 5.74) is 2.51. The number of fused-ring (bicyclic) bond motifs is 3. The standard InChI is InChI=1S/C18H15ClFN5/c1-21-9-16-23-17-10-22-18(12-4-2-3-5-14(12)20)13-8-11(19)6-7-15(13)25(17)24-16/h2-8,21H,9-10H2,1H3. The average Bonchev–Trinajstić information content (AvgIpc) is 2.93. The molecule has 0 fully saturated rings. The van der Waals surface area contributed by atoms with E-state index >= 15 is 0 Å². The van der Waals surface area contributed by atoms with Gasteiger partial charge in [-0.15, -0.1) is 5.10 Å². The van der Waals surface area contributed by atoms with Crippen LogP contribution in [0.3, 0.4) is 0 Å². The summed E-state index contributed by atoms with van der Waals surface area (Å²) in [6.07, 6.45) is 0. The van der Waals surface area contributed by atoms with Crippen molar-refractivity contribution < 1.29 is 4.39 Å². The molecule has 25 heavy (non-hydrogen) atoms. The van der Waals surface area contributed by atoms with Gasteiger partial charge >= 0.3 is 0 Å². The first kappa shape index (κ1) is 15.9. The molecule has 0 bridgehead atoms. The molecule has 1 aliphatic rings. The van der Waals surface area contributed by atoms with Gasteiger partial charge in [0.25, 0.3) is 0 Å². The third-order valence-electron chi connectivity index (χ3n) is 4.00. The van der Waals surface area contributed by atoms with Crippen LogP contribution in [-0.2, 0) is 13.1 Å². The number of aliphatic imine (C=N–C) groups is 1. The summed E-state index contributed by atoms with van der Waals surface area (Å²) in [6.45, 7) is 0.874. The van der Waals surface area contributed by atoms with Crippen LogP contribution in [0.2, 0.25) is 5.02 Å². The molecule has 0 saturated carbocycles. The molecule has 0 unspecified atom stereocenters.